The van der Waals surface area contributed by atoms with E-state index in [1.165, 1.54) is 12.8 Å². The predicted molar refractivity (Wildman–Crippen MR) is 87.3 cm³/mol. The van der Waals surface area contributed by atoms with Crippen molar-refractivity contribution in [3.8, 4) is 0 Å². The van der Waals surface area contributed by atoms with Gasteiger partial charge in [-0.3, -0.25) is 4.79 Å². The third-order valence-electron chi connectivity index (χ3n) is 3.96. The summed E-state index contributed by atoms with van der Waals surface area (Å²) in [6, 6.07) is 11.4. The molecule has 0 spiro atoms. The number of para-hydroxylation sites is 1. The Labute approximate surface area is 130 Å². The van der Waals surface area contributed by atoms with Crippen molar-refractivity contribution in [3.05, 3.63) is 47.7 Å². The van der Waals surface area contributed by atoms with Crippen LogP contribution in [0.4, 0.5) is 11.5 Å². The largest absolute Gasteiger partial charge is 0.355 e. The van der Waals surface area contributed by atoms with Gasteiger partial charge in [-0.2, -0.15) is 0 Å². The minimum Gasteiger partial charge on any atom is -0.355 e. The van der Waals surface area contributed by atoms with Crippen LogP contribution >= 0.6 is 0 Å². The number of carbonyl (C=O) groups excluding carboxylic acids is 1. The highest BCUT2D eigenvalue weighted by atomic mass is 16.1. The highest BCUT2D eigenvalue weighted by molar-refractivity contribution is 6.03. The molecule has 22 heavy (non-hydrogen) atoms. The molecule has 0 atom stereocenters. The molecule has 0 radical (unpaired) electrons. The normalized spacial score (nSPS) is 14.1. The number of nitrogens with one attached hydrogen (secondary N) is 1. The van der Waals surface area contributed by atoms with Crippen molar-refractivity contribution in [2.24, 2.45) is 0 Å². The molecule has 5 heteroatoms. The predicted octanol–water partition coefficient (Wildman–Crippen LogP) is 2.89. The summed E-state index contributed by atoms with van der Waals surface area (Å²) >= 11 is 0. The van der Waals surface area contributed by atoms with Gasteiger partial charge in [0.2, 0.25) is 0 Å². The number of aromatic nitrogens is 2. The van der Waals surface area contributed by atoms with E-state index in [4.69, 9.17) is 0 Å². The molecule has 1 aliphatic heterocycles. The Morgan fingerprint density at radius 2 is 1.91 bits per heavy atom. The van der Waals surface area contributed by atoms with Crippen LogP contribution in [0.3, 0.4) is 0 Å². The van der Waals surface area contributed by atoms with E-state index in [1.807, 2.05) is 30.3 Å². The Morgan fingerprint density at radius 1 is 1.14 bits per heavy atom. The summed E-state index contributed by atoms with van der Waals surface area (Å²) in [6.07, 6.45) is 3.26. The van der Waals surface area contributed by atoms with Crippen molar-refractivity contribution in [1.29, 1.82) is 0 Å². The average Bonchev–Trinajstić information content (AvgIpc) is 3.10. The van der Waals surface area contributed by atoms with E-state index in [0.29, 0.717) is 5.69 Å². The van der Waals surface area contributed by atoms with Gasteiger partial charge in [-0.1, -0.05) is 25.1 Å². The Bertz CT molecular complexity index is 648. The van der Waals surface area contributed by atoms with Crippen molar-refractivity contribution >= 4 is 17.4 Å². The second-order valence-electron chi connectivity index (χ2n) is 5.44. The molecule has 5 nitrogen and oxygen atoms in total. The molecular weight excluding hydrogens is 276 g/mol. The minimum atomic E-state index is -0.221. The summed E-state index contributed by atoms with van der Waals surface area (Å²) in [5.74, 6) is 0.629. The zero-order chi connectivity index (χ0) is 15.4. The molecule has 3 rings (SSSR count). The van der Waals surface area contributed by atoms with Crippen LogP contribution in [0.1, 0.15) is 35.8 Å². The van der Waals surface area contributed by atoms with Crippen molar-refractivity contribution in [1.82, 2.24) is 10.2 Å². The SMILES string of the molecule is CCc1ccccc1NC(=O)c1ccc(N2CCCC2)nn1. The topological polar surface area (TPSA) is 58.1 Å². The first kappa shape index (κ1) is 14.5. The van der Waals surface area contributed by atoms with E-state index in [0.717, 1.165) is 36.6 Å². The summed E-state index contributed by atoms with van der Waals surface area (Å²) in [5, 5.41) is 11.2. The average molecular weight is 296 g/mol. The van der Waals surface area contributed by atoms with Crippen LogP contribution in [0.5, 0.6) is 0 Å². The molecule has 0 bridgehead atoms. The maximum absolute atomic E-state index is 12.3. The Balaban J connectivity index is 1.72. The molecule has 1 saturated heterocycles. The number of hydrogen-bond acceptors (Lipinski definition) is 4. The van der Waals surface area contributed by atoms with Gasteiger partial charge in [0.1, 0.15) is 0 Å². The van der Waals surface area contributed by atoms with Gasteiger partial charge in [0.15, 0.2) is 11.5 Å². The smallest absolute Gasteiger partial charge is 0.276 e. The fraction of sp³-hybridized carbons (Fsp3) is 0.353. The number of nitrogens with zero attached hydrogens (tertiary/aromatic N) is 3. The van der Waals surface area contributed by atoms with Gasteiger partial charge < -0.3 is 10.2 Å². The fourth-order valence-corrected chi connectivity index (χ4v) is 2.70. The number of anilines is 2. The lowest BCUT2D eigenvalue weighted by Crippen LogP contribution is -2.21. The summed E-state index contributed by atoms with van der Waals surface area (Å²) < 4.78 is 0. The maximum Gasteiger partial charge on any atom is 0.276 e. The number of rotatable bonds is 4. The summed E-state index contributed by atoms with van der Waals surface area (Å²) in [7, 11) is 0. The molecule has 1 amide bonds. The van der Waals surface area contributed by atoms with Crippen LogP contribution < -0.4 is 10.2 Å². The molecule has 1 aromatic heterocycles. The molecule has 0 saturated carbocycles. The van der Waals surface area contributed by atoms with Gasteiger partial charge in [0, 0.05) is 18.8 Å². The van der Waals surface area contributed by atoms with Crippen LogP contribution in [0.2, 0.25) is 0 Å². The quantitative estimate of drug-likeness (QED) is 0.942. The molecule has 114 valence electrons. The van der Waals surface area contributed by atoms with E-state index in [-0.39, 0.29) is 5.91 Å². The van der Waals surface area contributed by atoms with Crippen LogP contribution in [0.15, 0.2) is 36.4 Å². The fourth-order valence-electron chi connectivity index (χ4n) is 2.70. The summed E-state index contributed by atoms with van der Waals surface area (Å²) in [4.78, 5) is 14.5. The lowest BCUT2D eigenvalue weighted by Gasteiger charge is -2.15. The van der Waals surface area contributed by atoms with Gasteiger partial charge in [0.25, 0.3) is 5.91 Å². The van der Waals surface area contributed by atoms with Gasteiger partial charge in [0.05, 0.1) is 0 Å². The van der Waals surface area contributed by atoms with Crippen molar-refractivity contribution in [2.75, 3.05) is 23.3 Å². The van der Waals surface area contributed by atoms with Crippen molar-refractivity contribution in [2.45, 2.75) is 26.2 Å². The first-order valence-corrected chi connectivity index (χ1v) is 7.76. The van der Waals surface area contributed by atoms with Crippen molar-refractivity contribution < 1.29 is 4.79 Å². The van der Waals surface area contributed by atoms with Gasteiger partial charge in [-0.15, -0.1) is 10.2 Å². The first-order chi connectivity index (χ1) is 10.8. The van der Waals surface area contributed by atoms with Gasteiger partial charge in [-0.05, 0) is 43.0 Å². The summed E-state index contributed by atoms with van der Waals surface area (Å²) in [5.41, 5.74) is 2.28. The molecule has 1 aliphatic rings. The van der Waals surface area contributed by atoms with E-state index >= 15 is 0 Å². The molecule has 1 N–H and O–H groups in total. The third kappa shape index (κ3) is 3.08. The monoisotopic (exact) mass is 296 g/mol. The lowest BCUT2D eigenvalue weighted by atomic mass is 10.1. The number of aryl methyl sites for hydroxylation is 1. The molecule has 2 aromatic rings. The molecule has 1 aromatic carbocycles. The van der Waals surface area contributed by atoms with E-state index in [2.05, 4.69) is 27.3 Å². The Kier molecular flexibility index (Phi) is 4.32. The Hall–Kier alpha value is -2.43. The van der Waals surface area contributed by atoms with Crippen LogP contribution in [-0.4, -0.2) is 29.2 Å². The second kappa shape index (κ2) is 6.56. The second-order valence-corrected chi connectivity index (χ2v) is 5.44. The third-order valence-corrected chi connectivity index (χ3v) is 3.96. The van der Waals surface area contributed by atoms with Crippen LogP contribution in [-0.2, 0) is 6.42 Å². The molecule has 1 fully saturated rings. The minimum absolute atomic E-state index is 0.221. The van der Waals surface area contributed by atoms with Crippen molar-refractivity contribution in [3.63, 3.8) is 0 Å². The molecule has 0 unspecified atom stereocenters. The highest BCUT2D eigenvalue weighted by Gasteiger charge is 2.15. The van der Waals surface area contributed by atoms with Gasteiger partial charge in [-0.25, -0.2) is 0 Å². The first-order valence-electron chi connectivity index (χ1n) is 7.76. The lowest BCUT2D eigenvalue weighted by molar-refractivity contribution is 0.102. The number of hydrogen-bond donors (Lipinski definition) is 1. The van der Waals surface area contributed by atoms with E-state index in [1.54, 1.807) is 6.07 Å². The standard InChI is InChI=1S/C17H20N4O/c1-2-13-7-3-4-8-14(13)18-17(22)15-9-10-16(20-19-15)21-11-5-6-12-21/h3-4,7-10H,2,5-6,11-12H2,1H3,(H,18,22). The van der Waals surface area contributed by atoms with Gasteiger partial charge >= 0.3 is 0 Å². The summed E-state index contributed by atoms with van der Waals surface area (Å²) in [6.45, 7) is 4.10. The number of carbonyl (C=O) groups is 1. The number of benzene rings is 1. The molecule has 0 aliphatic carbocycles. The number of amides is 1. The molecular formula is C17H20N4O. The zero-order valence-corrected chi connectivity index (χ0v) is 12.7. The Morgan fingerprint density at radius 3 is 2.59 bits per heavy atom. The zero-order valence-electron chi connectivity index (χ0n) is 12.7. The maximum atomic E-state index is 12.3. The van der Waals surface area contributed by atoms with E-state index < -0.39 is 0 Å². The molecule has 2 heterocycles. The van der Waals surface area contributed by atoms with Crippen LogP contribution in [0.25, 0.3) is 0 Å². The highest BCUT2D eigenvalue weighted by Crippen LogP contribution is 2.18. The van der Waals surface area contributed by atoms with Crippen LogP contribution in [0, 0.1) is 0 Å². The van der Waals surface area contributed by atoms with E-state index in [9.17, 15) is 4.79 Å².